The van der Waals surface area contributed by atoms with E-state index in [4.69, 9.17) is 4.74 Å². The predicted molar refractivity (Wildman–Crippen MR) is 110 cm³/mol. The summed E-state index contributed by atoms with van der Waals surface area (Å²) in [6.45, 7) is 4.92. The van der Waals surface area contributed by atoms with Crippen LogP contribution in [0.4, 0.5) is 0 Å². The molecule has 5 heteroatoms. The molecule has 28 heavy (non-hydrogen) atoms. The molecule has 1 aliphatic heterocycles. The Kier molecular flexibility index (Phi) is 5.95. The fourth-order valence-corrected chi connectivity index (χ4v) is 3.62. The van der Waals surface area contributed by atoms with Crippen LogP contribution in [-0.4, -0.2) is 42.1 Å². The molecule has 5 nitrogen and oxygen atoms in total. The van der Waals surface area contributed by atoms with Gasteiger partial charge in [0.2, 0.25) is 5.91 Å². The molecular weight excluding hydrogens is 350 g/mol. The Bertz CT molecular complexity index is 946. The van der Waals surface area contributed by atoms with Gasteiger partial charge in [-0.2, -0.15) is 0 Å². The Labute approximate surface area is 165 Å². The lowest BCUT2D eigenvalue weighted by atomic mass is 10.1. The molecule has 2 heterocycles. The number of amides is 1. The van der Waals surface area contributed by atoms with Gasteiger partial charge in [0.25, 0.3) is 0 Å². The van der Waals surface area contributed by atoms with Crippen LogP contribution in [-0.2, 0) is 29.0 Å². The quantitative estimate of drug-likeness (QED) is 0.720. The van der Waals surface area contributed by atoms with Crippen LogP contribution in [0.2, 0.25) is 0 Å². The van der Waals surface area contributed by atoms with Crippen molar-refractivity contribution in [1.29, 1.82) is 0 Å². The number of aromatic nitrogens is 1. The molecule has 1 fully saturated rings. The van der Waals surface area contributed by atoms with Crippen molar-refractivity contribution in [2.24, 2.45) is 0 Å². The average Bonchev–Trinajstić information content (AvgIpc) is 2.74. The van der Waals surface area contributed by atoms with E-state index in [0.29, 0.717) is 13.0 Å². The van der Waals surface area contributed by atoms with Gasteiger partial charge in [0.1, 0.15) is 0 Å². The number of benzene rings is 2. The summed E-state index contributed by atoms with van der Waals surface area (Å²) in [7, 11) is 0. The lowest BCUT2D eigenvalue weighted by molar-refractivity contribution is -0.120. The normalized spacial score (nSPS) is 14.9. The molecule has 1 aromatic heterocycles. The standard InChI is InChI=1S/C23H25N3O2/c27-22(15-19-8-3-7-18-9-4-10-24-23(18)19)25-16-20-5-1-2-6-21(20)17-26-11-13-28-14-12-26/h1-10H,11-17H2,(H,25,27). The summed E-state index contributed by atoms with van der Waals surface area (Å²) in [5.74, 6) is 0.0133. The summed E-state index contributed by atoms with van der Waals surface area (Å²) >= 11 is 0. The molecule has 0 atom stereocenters. The van der Waals surface area contributed by atoms with Gasteiger partial charge < -0.3 is 10.1 Å². The van der Waals surface area contributed by atoms with E-state index >= 15 is 0 Å². The van der Waals surface area contributed by atoms with Crippen molar-refractivity contribution in [3.63, 3.8) is 0 Å². The molecule has 0 unspecified atom stereocenters. The van der Waals surface area contributed by atoms with E-state index < -0.39 is 0 Å². The fourth-order valence-electron chi connectivity index (χ4n) is 3.62. The van der Waals surface area contributed by atoms with E-state index in [2.05, 4.69) is 33.4 Å². The lowest BCUT2D eigenvalue weighted by Gasteiger charge is -2.27. The van der Waals surface area contributed by atoms with Crippen LogP contribution in [0, 0.1) is 0 Å². The van der Waals surface area contributed by atoms with Gasteiger partial charge in [0, 0.05) is 37.8 Å². The van der Waals surface area contributed by atoms with Gasteiger partial charge in [0.05, 0.1) is 25.2 Å². The molecular formula is C23H25N3O2. The van der Waals surface area contributed by atoms with Crippen molar-refractivity contribution in [2.45, 2.75) is 19.5 Å². The summed E-state index contributed by atoms with van der Waals surface area (Å²) < 4.78 is 5.43. The number of ether oxygens (including phenoxy) is 1. The Balaban J connectivity index is 1.39. The van der Waals surface area contributed by atoms with E-state index in [-0.39, 0.29) is 5.91 Å². The average molecular weight is 375 g/mol. The second kappa shape index (κ2) is 8.95. The molecule has 1 amide bonds. The maximum Gasteiger partial charge on any atom is 0.224 e. The molecule has 144 valence electrons. The molecule has 0 aliphatic carbocycles. The number of nitrogens with zero attached hydrogens (tertiary/aromatic N) is 2. The van der Waals surface area contributed by atoms with Gasteiger partial charge in [-0.15, -0.1) is 0 Å². The van der Waals surface area contributed by atoms with Crippen molar-refractivity contribution >= 4 is 16.8 Å². The first-order valence-electron chi connectivity index (χ1n) is 9.76. The van der Waals surface area contributed by atoms with Gasteiger partial charge in [0.15, 0.2) is 0 Å². The third-order valence-electron chi connectivity index (χ3n) is 5.16. The highest BCUT2D eigenvalue weighted by Crippen LogP contribution is 2.17. The number of pyridine rings is 1. The van der Waals surface area contributed by atoms with E-state index in [9.17, 15) is 4.79 Å². The number of hydrogen-bond donors (Lipinski definition) is 1. The van der Waals surface area contributed by atoms with Crippen LogP contribution in [0.15, 0.2) is 60.8 Å². The minimum atomic E-state index is 0.0133. The summed E-state index contributed by atoms with van der Waals surface area (Å²) in [6.07, 6.45) is 2.10. The Hall–Kier alpha value is -2.76. The second-order valence-electron chi connectivity index (χ2n) is 7.10. The number of fused-ring (bicyclic) bond motifs is 1. The summed E-state index contributed by atoms with van der Waals surface area (Å²) in [4.78, 5) is 19.4. The number of hydrogen-bond acceptors (Lipinski definition) is 4. The highest BCUT2D eigenvalue weighted by molar-refractivity contribution is 5.87. The monoisotopic (exact) mass is 375 g/mol. The fraction of sp³-hybridized carbons (Fsp3) is 0.304. The summed E-state index contributed by atoms with van der Waals surface area (Å²) in [6, 6.07) is 18.2. The highest BCUT2D eigenvalue weighted by atomic mass is 16.5. The number of carbonyl (C=O) groups excluding carboxylic acids is 1. The SMILES string of the molecule is O=C(Cc1cccc2cccnc12)NCc1ccccc1CN1CCOCC1. The second-order valence-corrected chi connectivity index (χ2v) is 7.10. The Morgan fingerprint density at radius 1 is 0.964 bits per heavy atom. The van der Waals surface area contributed by atoms with E-state index in [1.807, 2.05) is 36.4 Å². The van der Waals surface area contributed by atoms with Crippen LogP contribution in [0.5, 0.6) is 0 Å². The Morgan fingerprint density at radius 2 is 1.71 bits per heavy atom. The van der Waals surface area contributed by atoms with Crippen molar-refractivity contribution < 1.29 is 9.53 Å². The zero-order valence-electron chi connectivity index (χ0n) is 15.9. The molecule has 3 aromatic rings. The number of rotatable bonds is 6. The van der Waals surface area contributed by atoms with Gasteiger partial charge in [-0.05, 0) is 22.8 Å². The van der Waals surface area contributed by atoms with Crippen LogP contribution in [0.3, 0.4) is 0 Å². The molecule has 0 saturated carbocycles. The number of para-hydroxylation sites is 1. The van der Waals surface area contributed by atoms with E-state index in [1.54, 1.807) is 6.20 Å². The molecule has 0 radical (unpaired) electrons. The van der Waals surface area contributed by atoms with Crippen LogP contribution < -0.4 is 5.32 Å². The largest absolute Gasteiger partial charge is 0.379 e. The van der Waals surface area contributed by atoms with Gasteiger partial charge in [-0.1, -0.05) is 48.5 Å². The van der Waals surface area contributed by atoms with Crippen molar-refractivity contribution in [3.8, 4) is 0 Å². The lowest BCUT2D eigenvalue weighted by Crippen LogP contribution is -2.36. The third-order valence-corrected chi connectivity index (χ3v) is 5.16. The molecule has 0 bridgehead atoms. The van der Waals surface area contributed by atoms with E-state index in [1.165, 1.54) is 11.1 Å². The number of nitrogens with one attached hydrogen (secondary N) is 1. The molecule has 2 aromatic carbocycles. The third kappa shape index (κ3) is 4.55. The van der Waals surface area contributed by atoms with Crippen LogP contribution >= 0.6 is 0 Å². The summed E-state index contributed by atoms with van der Waals surface area (Å²) in [5.41, 5.74) is 4.28. The Morgan fingerprint density at radius 3 is 2.57 bits per heavy atom. The van der Waals surface area contributed by atoms with Gasteiger partial charge in [-0.25, -0.2) is 0 Å². The topological polar surface area (TPSA) is 54.5 Å². The minimum absolute atomic E-state index is 0.0133. The smallest absolute Gasteiger partial charge is 0.224 e. The molecule has 1 saturated heterocycles. The molecule has 4 rings (SSSR count). The maximum absolute atomic E-state index is 12.6. The zero-order chi connectivity index (χ0) is 19.2. The highest BCUT2D eigenvalue weighted by Gasteiger charge is 2.13. The van der Waals surface area contributed by atoms with Crippen LogP contribution in [0.1, 0.15) is 16.7 Å². The first-order valence-corrected chi connectivity index (χ1v) is 9.76. The van der Waals surface area contributed by atoms with Crippen molar-refractivity contribution in [1.82, 2.24) is 15.2 Å². The van der Waals surface area contributed by atoms with Crippen molar-refractivity contribution in [2.75, 3.05) is 26.3 Å². The first kappa shape index (κ1) is 18.6. The van der Waals surface area contributed by atoms with Gasteiger partial charge >= 0.3 is 0 Å². The zero-order valence-corrected chi connectivity index (χ0v) is 15.9. The molecule has 1 N–H and O–H groups in total. The number of morpholine rings is 1. The minimum Gasteiger partial charge on any atom is -0.379 e. The summed E-state index contributed by atoms with van der Waals surface area (Å²) in [5, 5.41) is 4.14. The van der Waals surface area contributed by atoms with Crippen molar-refractivity contribution in [3.05, 3.63) is 77.5 Å². The maximum atomic E-state index is 12.6. The van der Waals surface area contributed by atoms with Gasteiger partial charge in [-0.3, -0.25) is 14.7 Å². The molecule has 1 aliphatic rings. The van der Waals surface area contributed by atoms with Crippen LogP contribution in [0.25, 0.3) is 10.9 Å². The first-order chi connectivity index (χ1) is 13.8. The predicted octanol–water partition coefficient (Wildman–Crippen LogP) is 2.93. The molecule has 0 spiro atoms. The number of carbonyl (C=O) groups is 1. The van der Waals surface area contributed by atoms with E-state index in [0.717, 1.165) is 49.3 Å².